The number of nitrogens with one attached hydrogen (secondary N) is 1. The maximum absolute atomic E-state index is 10.8. The maximum Gasteiger partial charge on any atom is 0.441 e. The molecule has 0 spiro atoms. The largest absolute Gasteiger partial charge is 0.441 e. The number of carbonyl (C=O) groups excluding carboxylic acids is 1. The molecule has 1 atom stereocenters. The Morgan fingerprint density at radius 3 is 3.08 bits per heavy atom. The molecular formula is C6H12N2O4. The van der Waals surface area contributed by atoms with Crippen LogP contribution in [0.4, 0.5) is 4.79 Å². The second-order valence-electron chi connectivity index (χ2n) is 2.64. The Hall–Kier alpha value is -0.850. The zero-order valence-corrected chi connectivity index (χ0v) is 6.56. The summed E-state index contributed by atoms with van der Waals surface area (Å²) < 4.78 is 0. The van der Waals surface area contributed by atoms with Gasteiger partial charge in [0.1, 0.15) is 0 Å². The lowest BCUT2D eigenvalue weighted by molar-refractivity contribution is -0.189. The van der Waals surface area contributed by atoms with Crippen LogP contribution in [0.25, 0.3) is 0 Å². The van der Waals surface area contributed by atoms with Gasteiger partial charge >= 0.3 is 6.09 Å². The van der Waals surface area contributed by atoms with E-state index in [-0.39, 0.29) is 12.6 Å². The minimum Gasteiger partial charge on any atom is -0.395 e. The molecular weight excluding hydrogens is 164 g/mol. The van der Waals surface area contributed by atoms with E-state index in [0.717, 1.165) is 0 Å². The quantitative estimate of drug-likeness (QED) is 0.347. The molecule has 6 heteroatoms. The van der Waals surface area contributed by atoms with Crippen molar-refractivity contribution >= 4 is 6.09 Å². The van der Waals surface area contributed by atoms with E-state index in [1.165, 1.54) is 4.90 Å². The molecule has 0 aromatic rings. The molecule has 1 rings (SSSR count). The summed E-state index contributed by atoms with van der Waals surface area (Å²) in [6.07, 6.45) is -0.769. The molecule has 0 radical (unpaired) electrons. The van der Waals surface area contributed by atoms with E-state index >= 15 is 0 Å². The van der Waals surface area contributed by atoms with Crippen LogP contribution in [0.2, 0.25) is 0 Å². The first kappa shape index (κ1) is 9.24. The van der Waals surface area contributed by atoms with Crippen LogP contribution in [0.15, 0.2) is 0 Å². The van der Waals surface area contributed by atoms with Crippen LogP contribution in [0.5, 0.6) is 0 Å². The molecule has 1 saturated heterocycles. The molecule has 0 unspecified atom stereocenters. The predicted octanol–water partition coefficient (Wildman–Crippen LogP) is -1.14. The first-order valence-electron chi connectivity index (χ1n) is 3.72. The number of amides is 1. The number of nitrogens with zero attached hydrogens (tertiary/aromatic N) is 1. The summed E-state index contributed by atoms with van der Waals surface area (Å²) in [5.74, 6) is 0. The zero-order valence-electron chi connectivity index (χ0n) is 6.56. The van der Waals surface area contributed by atoms with Gasteiger partial charge in [0.05, 0.1) is 6.61 Å². The highest BCUT2D eigenvalue weighted by atomic mass is 17.1. The van der Waals surface area contributed by atoms with Gasteiger partial charge in [0.2, 0.25) is 0 Å². The van der Waals surface area contributed by atoms with Crippen molar-refractivity contribution < 1.29 is 20.0 Å². The SMILES string of the molecule is O=C(OO)N1CCN[C@H](CO)C1. The fraction of sp³-hybridized carbons (Fsp3) is 0.833. The third kappa shape index (κ3) is 2.07. The van der Waals surface area contributed by atoms with E-state index < -0.39 is 6.09 Å². The van der Waals surface area contributed by atoms with Gasteiger partial charge < -0.3 is 15.3 Å². The summed E-state index contributed by atoms with van der Waals surface area (Å²) in [5, 5.41) is 19.8. The second-order valence-corrected chi connectivity index (χ2v) is 2.64. The van der Waals surface area contributed by atoms with Gasteiger partial charge in [-0.2, -0.15) is 5.26 Å². The molecule has 70 valence electrons. The summed E-state index contributed by atoms with van der Waals surface area (Å²) in [5.41, 5.74) is 0. The Morgan fingerprint density at radius 1 is 1.75 bits per heavy atom. The Labute approximate surface area is 69.7 Å². The molecule has 1 amide bonds. The minimum absolute atomic E-state index is 0.0325. The van der Waals surface area contributed by atoms with Crippen LogP contribution in [-0.4, -0.2) is 53.6 Å². The van der Waals surface area contributed by atoms with Crippen LogP contribution in [0, 0.1) is 0 Å². The molecule has 1 fully saturated rings. The Kier molecular flexibility index (Phi) is 3.27. The molecule has 0 saturated carbocycles. The summed E-state index contributed by atoms with van der Waals surface area (Å²) in [6.45, 7) is 1.40. The zero-order chi connectivity index (χ0) is 8.97. The normalized spacial score (nSPS) is 23.8. The highest BCUT2D eigenvalue weighted by Crippen LogP contribution is 2.00. The van der Waals surface area contributed by atoms with Gasteiger partial charge in [0.25, 0.3) is 0 Å². The van der Waals surface area contributed by atoms with Gasteiger partial charge in [-0.3, -0.25) is 4.89 Å². The molecule has 1 aliphatic heterocycles. The van der Waals surface area contributed by atoms with E-state index in [9.17, 15) is 4.79 Å². The van der Waals surface area contributed by atoms with Crippen molar-refractivity contribution in [2.24, 2.45) is 0 Å². The van der Waals surface area contributed by atoms with Crippen molar-refractivity contribution in [1.29, 1.82) is 0 Å². The summed E-state index contributed by atoms with van der Waals surface area (Å²) in [6, 6.07) is -0.127. The second kappa shape index (κ2) is 4.24. The van der Waals surface area contributed by atoms with Crippen molar-refractivity contribution in [2.75, 3.05) is 26.2 Å². The average Bonchev–Trinajstić information content (AvgIpc) is 2.17. The molecule has 0 aromatic carbocycles. The average molecular weight is 176 g/mol. The molecule has 6 nitrogen and oxygen atoms in total. The Morgan fingerprint density at radius 2 is 2.50 bits per heavy atom. The number of aliphatic hydroxyl groups excluding tert-OH is 1. The van der Waals surface area contributed by atoms with Gasteiger partial charge in [-0.25, -0.2) is 4.79 Å². The van der Waals surface area contributed by atoms with Crippen LogP contribution in [0.1, 0.15) is 0 Å². The van der Waals surface area contributed by atoms with Crippen LogP contribution < -0.4 is 5.32 Å². The first-order valence-corrected chi connectivity index (χ1v) is 3.72. The third-order valence-electron chi connectivity index (χ3n) is 1.81. The van der Waals surface area contributed by atoms with Gasteiger partial charge in [0.15, 0.2) is 0 Å². The molecule has 12 heavy (non-hydrogen) atoms. The smallest absolute Gasteiger partial charge is 0.395 e. The fourth-order valence-electron chi connectivity index (χ4n) is 1.17. The maximum atomic E-state index is 10.8. The van der Waals surface area contributed by atoms with Crippen LogP contribution in [-0.2, 0) is 4.89 Å². The highest BCUT2D eigenvalue weighted by Gasteiger charge is 2.23. The van der Waals surface area contributed by atoms with E-state index in [1.54, 1.807) is 0 Å². The number of hydrogen-bond donors (Lipinski definition) is 3. The number of carbonyl (C=O) groups is 1. The van der Waals surface area contributed by atoms with Crippen molar-refractivity contribution in [3.05, 3.63) is 0 Å². The number of piperazine rings is 1. The van der Waals surface area contributed by atoms with Gasteiger partial charge in [-0.1, -0.05) is 0 Å². The standard InChI is InChI=1S/C6H12N2O4/c9-4-5-3-8(2-1-7-5)6(10)12-11/h5,7,9,11H,1-4H2/t5-/m0/s1. The van der Waals surface area contributed by atoms with E-state index in [2.05, 4.69) is 10.2 Å². The fourth-order valence-corrected chi connectivity index (χ4v) is 1.17. The first-order chi connectivity index (χ1) is 5.77. The minimum atomic E-state index is -0.769. The van der Waals surface area contributed by atoms with Gasteiger partial charge in [0, 0.05) is 25.7 Å². The lowest BCUT2D eigenvalue weighted by atomic mass is 10.2. The lowest BCUT2D eigenvalue weighted by Crippen LogP contribution is -2.53. The third-order valence-corrected chi connectivity index (χ3v) is 1.81. The summed E-state index contributed by atoms with van der Waals surface area (Å²) in [4.78, 5) is 15.7. The van der Waals surface area contributed by atoms with E-state index in [0.29, 0.717) is 19.6 Å². The molecule has 0 aromatic heterocycles. The summed E-state index contributed by atoms with van der Waals surface area (Å²) in [7, 11) is 0. The Balaban J connectivity index is 2.40. The highest BCUT2D eigenvalue weighted by molar-refractivity contribution is 5.66. The van der Waals surface area contributed by atoms with E-state index in [4.69, 9.17) is 10.4 Å². The number of hydrogen-bond acceptors (Lipinski definition) is 5. The van der Waals surface area contributed by atoms with Gasteiger partial charge in [-0.15, -0.1) is 0 Å². The molecule has 1 heterocycles. The number of aliphatic hydroxyl groups is 1. The number of rotatable bonds is 1. The van der Waals surface area contributed by atoms with Crippen molar-refractivity contribution in [3.63, 3.8) is 0 Å². The van der Waals surface area contributed by atoms with Crippen molar-refractivity contribution in [3.8, 4) is 0 Å². The monoisotopic (exact) mass is 176 g/mol. The van der Waals surface area contributed by atoms with Gasteiger partial charge in [-0.05, 0) is 0 Å². The molecule has 0 bridgehead atoms. The predicted molar refractivity (Wildman–Crippen MR) is 39.6 cm³/mol. The van der Waals surface area contributed by atoms with Crippen molar-refractivity contribution in [1.82, 2.24) is 10.2 Å². The van der Waals surface area contributed by atoms with Crippen LogP contribution >= 0.6 is 0 Å². The lowest BCUT2D eigenvalue weighted by Gasteiger charge is -2.30. The summed E-state index contributed by atoms with van der Waals surface area (Å²) >= 11 is 0. The molecule has 3 N–H and O–H groups in total. The van der Waals surface area contributed by atoms with Crippen LogP contribution in [0.3, 0.4) is 0 Å². The van der Waals surface area contributed by atoms with Crippen molar-refractivity contribution in [2.45, 2.75) is 6.04 Å². The van der Waals surface area contributed by atoms with E-state index in [1.807, 2.05) is 0 Å². The molecule has 0 aliphatic carbocycles. The molecule has 1 aliphatic rings. The topological polar surface area (TPSA) is 82.0 Å². The Bertz CT molecular complexity index is 164.